The van der Waals surface area contributed by atoms with Crippen molar-refractivity contribution >= 4 is 23.1 Å². The van der Waals surface area contributed by atoms with Crippen molar-refractivity contribution in [1.82, 2.24) is 9.80 Å². The fourth-order valence-corrected chi connectivity index (χ4v) is 3.78. The molecule has 27 heavy (non-hydrogen) atoms. The van der Waals surface area contributed by atoms with E-state index in [1.807, 2.05) is 9.80 Å². The number of hydrogen-bond donors (Lipinski definition) is 0. The minimum absolute atomic E-state index is 0.0377. The van der Waals surface area contributed by atoms with Gasteiger partial charge >= 0.3 is 0 Å². The molecule has 0 saturated carbocycles. The Balaban J connectivity index is 1.67. The zero-order chi connectivity index (χ0) is 19.4. The number of hydrogen-bond acceptors (Lipinski definition) is 6. The monoisotopic (exact) mass is 374 g/mol. The molecule has 0 aliphatic carbocycles. The number of rotatable bonds is 5. The minimum Gasteiger partial charge on any atom is -0.365 e. The van der Waals surface area contributed by atoms with Gasteiger partial charge in [-0.1, -0.05) is 0 Å². The van der Waals surface area contributed by atoms with E-state index < -0.39 is 4.92 Å². The number of nitro benzene ring substituents is 1. The van der Waals surface area contributed by atoms with Crippen LogP contribution in [0.3, 0.4) is 0 Å². The van der Waals surface area contributed by atoms with Crippen LogP contribution in [0.4, 0.5) is 11.4 Å². The second-order valence-corrected chi connectivity index (χ2v) is 7.22. The summed E-state index contributed by atoms with van der Waals surface area (Å²) in [6.07, 6.45) is 3.00. The lowest BCUT2D eigenvalue weighted by Gasteiger charge is -2.24. The van der Waals surface area contributed by atoms with Gasteiger partial charge in [0, 0.05) is 50.9 Å². The Bertz CT molecular complexity index is 730. The summed E-state index contributed by atoms with van der Waals surface area (Å²) in [5.74, 6) is -0.00939. The van der Waals surface area contributed by atoms with Crippen LogP contribution in [0.15, 0.2) is 18.2 Å². The molecule has 0 bridgehead atoms. The van der Waals surface area contributed by atoms with Gasteiger partial charge in [-0.2, -0.15) is 0 Å². The molecular weight excluding hydrogens is 348 g/mol. The van der Waals surface area contributed by atoms with E-state index in [-0.39, 0.29) is 17.4 Å². The number of benzene rings is 1. The van der Waals surface area contributed by atoms with E-state index in [0.717, 1.165) is 38.9 Å². The third-order valence-electron chi connectivity index (χ3n) is 5.33. The van der Waals surface area contributed by atoms with Crippen LogP contribution < -0.4 is 4.90 Å². The predicted octanol–water partition coefficient (Wildman–Crippen LogP) is 1.93. The molecule has 0 radical (unpaired) electrons. The van der Waals surface area contributed by atoms with E-state index in [1.54, 1.807) is 12.1 Å². The zero-order valence-electron chi connectivity index (χ0n) is 15.7. The minimum atomic E-state index is -0.429. The highest BCUT2D eigenvalue weighted by molar-refractivity contribution is 5.95. The first-order chi connectivity index (χ1) is 13.0. The number of carbonyl (C=O) groups is 2. The van der Waals surface area contributed by atoms with Crippen molar-refractivity contribution in [2.75, 3.05) is 50.7 Å². The number of nitrogens with zero attached hydrogens (tertiary/aromatic N) is 4. The smallest absolute Gasteiger partial charge is 0.293 e. The average Bonchev–Trinajstić information content (AvgIpc) is 3.09. The molecule has 2 fully saturated rings. The summed E-state index contributed by atoms with van der Waals surface area (Å²) in [6.45, 7) is 6.32. The topological polar surface area (TPSA) is 87.0 Å². The summed E-state index contributed by atoms with van der Waals surface area (Å²) in [5.41, 5.74) is 0.847. The summed E-state index contributed by atoms with van der Waals surface area (Å²) < 4.78 is 0. The van der Waals surface area contributed by atoms with Crippen LogP contribution in [0.1, 0.15) is 36.5 Å². The maximum absolute atomic E-state index is 12.4. The molecule has 8 heteroatoms. The lowest BCUT2D eigenvalue weighted by Crippen LogP contribution is -2.40. The lowest BCUT2D eigenvalue weighted by molar-refractivity contribution is -0.384. The van der Waals surface area contributed by atoms with Gasteiger partial charge in [-0.05, 0) is 38.3 Å². The molecule has 1 aromatic rings. The third kappa shape index (κ3) is 4.63. The van der Waals surface area contributed by atoms with Crippen molar-refractivity contribution < 1.29 is 14.5 Å². The molecule has 0 unspecified atom stereocenters. The first-order valence-electron chi connectivity index (χ1n) is 9.50. The molecule has 1 aromatic carbocycles. The Morgan fingerprint density at radius 2 is 1.78 bits per heavy atom. The van der Waals surface area contributed by atoms with E-state index in [1.165, 1.54) is 13.0 Å². The second kappa shape index (κ2) is 8.47. The molecule has 2 aliphatic heterocycles. The zero-order valence-corrected chi connectivity index (χ0v) is 15.7. The summed E-state index contributed by atoms with van der Waals surface area (Å²) in [4.78, 5) is 41.0. The van der Waals surface area contributed by atoms with Gasteiger partial charge in [0.05, 0.1) is 11.5 Å². The number of carbonyl (C=O) groups excluding carboxylic acids is 2. The van der Waals surface area contributed by atoms with Gasteiger partial charge in [-0.15, -0.1) is 0 Å². The SMILES string of the molecule is CC(=O)c1ccc(N2CCCN(CC(=O)N3CCCC3)CC2)c([N+](=O)[O-])c1. The fourth-order valence-electron chi connectivity index (χ4n) is 3.78. The highest BCUT2D eigenvalue weighted by Crippen LogP contribution is 2.30. The maximum atomic E-state index is 12.4. The lowest BCUT2D eigenvalue weighted by atomic mass is 10.1. The Morgan fingerprint density at radius 3 is 2.44 bits per heavy atom. The van der Waals surface area contributed by atoms with Crippen molar-refractivity contribution in [3.63, 3.8) is 0 Å². The van der Waals surface area contributed by atoms with Gasteiger partial charge in [0.1, 0.15) is 5.69 Å². The van der Waals surface area contributed by atoms with Gasteiger partial charge in [-0.3, -0.25) is 24.6 Å². The summed E-state index contributed by atoms with van der Waals surface area (Å²) in [6, 6.07) is 4.67. The Kier molecular flexibility index (Phi) is 6.05. The summed E-state index contributed by atoms with van der Waals surface area (Å²) in [7, 11) is 0. The number of likely N-dealkylation sites (tertiary alicyclic amines) is 1. The van der Waals surface area contributed by atoms with Crippen LogP contribution in [-0.4, -0.2) is 72.2 Å². The van der Waals surface area contributed by atoms with Gasteiger partial charge in [0.25, 0.3) is 5.69 Å². The summed E-state index contributed by atoms with van der Waals surface area (Å²) in [5, 5.41) is 11.5. The van der Waals surface area contributed by atoms with Crippen molar-refractivity contribution in [2.24, 2.45) is 0 Å². The highest BCUT2D eigenvalue weighted by atomic mass is 16.6. The largest absolute Gasteiger partial charge is 0.365 e. The number of anilines is 1. The fraction of sp³-hybridized carbons (Fsp3) is 0.579. The third-order valence-corrected chi connectivity index (χ3v) is 5.33. The van der Waals surface area contributed by atoms with Crippen molar-refractivity contribution in [1.29, 1.82) is 0 Å². The Hall–Kier alpha value is -2.48. The van der Waals surface area contributed by atoms with Crippen molar-refractivity contribution in [3.8, 4) is 0 Å². The van der Waals surface area contributed by atoms with Gasteiger partial charge in [0.2, 0.25) is 5.91 Å². The van der Waals surface area contributed by atoms with Gasteiger partial charge in [-0.25, -0.2) is 0 Å². The number of amides is 1. The molecule has 1 amide bonds. The molecule has 0 atom stereocenters. The van der Waals surface area contributed by atoms with Crippen LogP contribution in [0.2, 0.25) is 0 Å². The van der Waals surface area contributed by atoms with Crippen LogP contribution in [0.25, 0.3) is 0 Å². The number of nitro groups is 1. The summed E-state index contributed by atoms with van der Waals surface area (Å²) >= 11 is 0. The second-order valence-electron chi connectivity index (χ2n) is 7.22. The van der Waals surface area contributed by atoms with Crippen molar-refractivity contribution in [2.45, 2.75) is 26.2 Å². The molecule has 3 rings (SSSR count). The molecule has 2 aliphatic rings. The molecular formula is C19H26N4O4. The van der Waals surface area contributed by atoms with Gasteiger partial charge < -0.3 is 9.80 Å². The van der Waals surface area contributed by atoms with Crippen LogP contribution in [-0.2, 0) is 4.79 Å². The first-order valence-corrected chi connectivity index (χ1v) is 9.50. The quantitative estimate of drug-likeness (QED) is 0.445. The normalized spacial score (nSPS) is 18.4. The molecule has 8 nitrogen and oxygen atoms in total. The maximum Gasteiger partial charge on any atom is 0.293 e. The van der Waals surface area contributed by atoms with Crippen LogP contribution in [0, 0.1) is 10.1 Å². The molecule has 0 aromatic heterocycles. The molecule has 0 N–H and O–H groups in total. The number of ketones is 1. The van der Waals surface area contributed by atoms with Gasteiger partial charge in [0.15, 0.2) is 5.78 Å². The predicted molar refractivity (Wildman–Crippen MR) is 102 cm³/mol. The van der Waals surface area contributed by atoms with E-state index in [0.29, 0.717) is 37.4 Å². The molecule has 2 saturated heterocycles. The van der Waals surface area contributed by atoms with E-state index in [9.17, 15) is 19.7 Å². The molecule has 0 spiro atoms. The van der Waals surface area contributed by atoms with Crippen LogP contribution >= 0.6 is 0 Å². The van der Waals surface area contributed by atoms with E-state index in [2.05, 4.69) is 4.90 Å². The van der Waals surface area contributed by atoms with E-state index >= 15 is 0 Å². The van der Waals surface area contributed by atoms with Crippen molar-refractivity contribution in [3.05, 3.63) is 33.9 Å². The number of Topliss-reactive ketones (excluding diaryl/α,β-unsaturated/α-hetero) is 1. The Labute approximate surface area is 158 Å². The molecule has 2 heterocycles. The Morgan fingerprint density at radius 1 is 1.04 bits per heavy atom. The molecule has 146 valence electrons. The van der Waals surface area contributed by atoms with E-state index in [4.69, 9.17) is 0 Å². The first kappa shape index (κ1) is 19.3. The standard InChI is InChI=1S/C19H26N4O4/c1-15(24)16-5-6-17(18(13-16)23(26)27)21-10-4-7-20(11-12-21)14-19(25)22-8-2-3-9-22/h5-6,13H,2-4,7-12,14H2,1H3. The average molecular weight is 374 g/mol. The highest BCUT2D eigenvalue weighted by Gasteiger charge is 2.25. The van der Waals surface area contributed by atoms with Crippen LogP contribution in [0.5, 0.6) is 0 Å².